The van der Waals surface area contributed by atoms with Gasteiger partial charge in [0.25, 0.3) is 0 Å². The Morgan fingerprint density at radius 1 is 1.17 bits per heavy atom. The molecule has 0 rings (SSSR count). The van der Waals surface area contributed by atoms with Crippen molar-refractivity contribution in [1.29, 1.82) is 0 Å². The summed E-state index contributed by atoms with van der Waals surface area (Å²) < 4.78 is 40.5. The normalized spacial score (nSPS) is 16.0. The van der Waals surface area contributed by atoms with Crippen LogP contribution >= 0.6 is 0 Å². The lowest BCUT2D eigenvalue weighted by molar-refractivity contribution is -0.174. The van der Waals surface area contributed by atoms with Gasteiger partial charge < -0.3 is 10.1 Å². The summed E-state index contributed by atoms with van der Waals surface area (Å²) >= 11 is 0. The minimum atomic E-state index is -4.22. The highest BCUT2D eigenvalue weighted by Gasteiger charge is 2.28. The van der Waals surface area contributed by atoms with Crippen molar-refractivity contribution in [3.05, 3.63) is 0 Å². The molecule has 0 aromatic heterocycles. The van der Waals surface area contributed by atoms with E-state index in [4.69, 9.17) is 0 Å². The van der Waals surface area contributed by atoms with Crippen molar-refractivity contribution in [3.8, 4) is 0 Å². The van der Waals surface area contributed by atoms with Gasteiger partial charge in [0.2, 0.25) is 0 Å². The smallest absolute Gasteiger partial charge is 0.372 e. The zero-order valence-electron chi connectivity index (χ0n) is 11.8. The number of rotatable bonds is 9. The van der Waals surface area contributed by atoms with Crippen molar-refractivity contribution in [2.75, 3.05) is 19.8 Å². The third-order valence-electron chi connectivity index (χ3n) is 3.08. The molecule has 0 amide bonds. The van der Waals surface area contributed by atoms with Gasteiger partial charge in [-0.05, 0) is 38.1 Å². The molecule has 0 aromatic rings. The Bertz CT molecular complexity index is 207. The van der Waals surface area contributed by atoms with Crippen LogP contribution in [0.15, 0.2) is 0 Å². The Morgan fingerprint density at radius 2 is 1.78 bits per heavy atom. The second kappa shape index (κ2) is 8.75. The average molecular weight is 269 g/mol. The van der Waals surface area contributed by atoms with Crippen LogP contribution < -0.4 is 5.32 Å². The maximum atomic E-state index is 11.9. The molecule has 0 saturated heterocycles. The van der Waals surface area contributed by atoms with Crippen LogP contribution in [0.25, 0.3) is 0 Å². The van der Waals surface area contributed by atoms with Crippen molar-refractivity contribution in [1.82, 2.24) is 5.32 Å². The molecule has 0 bridgehead atoms. The molecule has 0 aliphatic rings. The van der Waals surface area contributed by atoms with Crippen molar-refractivity contribution in [2.24, 2.45) is 11.8 Å². The molecule has 0 saturated carbocycles. The molecule has 0 aliphatic heterocycles. The summed E-state index contributed by atoms with van der Waals surface area (Å²) in [7, 11) is 0. The largest absolute Gasteiger partial charge is 0.411 e. The summed E-state index contributed by atoms with van der Waals surface area (Å²) in [5.74, 6) is 0.767. The Labute approximate surface area is 108 Å². The molecule has 0 aromatic carbocycles. The van der Waals surface area contributed by atoms with Crippen LogP contribution in [0.4, 0.5) is 13.2 Å². The Balaban J connectivity index is 3.97. The van der Waals surface area contributed by atoms with Crippen LogP contribution in [0.5, 0.6) is 0 Å². The number of halogens is 3. The molecular formula is C13H26F3NO. The van der Waals surface area contributed by atoms with E-state index >= 15 is 0 Å². The van der Waals surface area contributed by atoms with Gasteiger partial charge in [0.05, 0.1) is 0 Å². The zero-order valence-corrected chi connectivity index (χ0v) is 11.8. The first-order valence-corrected chi connectivity index (χ1v) is 6.65. The fourth-order valence-electron chi connectivity index (χ4n) is 2.09. The van der Waals surface area contributed by atoms with E-state index in [0.29, 0.717) is 24.3 Å². The summed E-state index contributed by atoms with van der Waals surface area (Å²) in [6.45, 7) is 8.33. The molecule has 5 heteroatoms. The SMILES string of the molecule is CCCNC(C)C(CCOCC(F)(F)F)C(C)C. The lowest BCUT2D eigenvalue weighted by Crippen LogP contribution is -2.37. The van der Waals surface area contributed by atoms with Gasteiger partial charge >= 0.3 is 6.18 Å². The highest BCUT2D eigenvalue weighted by molar-refractivity contribution is 4.75. The third kappa shape index (κ3) is 8.75. The molecule has 2 nitrogen and oxygen atoms in total. The minimum Gasteiger partial charge on any atom is -0.372 e. The summed E-state index contributed by atoms with van der Waals surface area (Å²) in [5.41, 5.74) is 0. The first-order chi connectivity index (χ1) is 8.28. The minimum absolute atomic E-state index is 0.167. The fraction of sp³-hybridized carbons (Fsp3) is 1.00. The summed E-state index contributed by atoms with van der Waals surface area (Å²) in [6, 6.07) is 0.305. The van der Waals surface area contributed by atoms with Crippen molar-refractivity contribution >= 4 is 0 Å². The summed E-state index contributed by atoms with van der Waals surface area (Å²) in [5, 5.41) is 3.39. The van der Waals surface area contributed by atoms with Gasteiger partial charge in [-0.2, -0.15) is 13.2 Å². The molecule has 2 unspecified atom stereocenters. The molecule has 1 N–H and O–H groups in total. The molecule has 0 spiro atoms. The highest BCUT2D eigenvalue weighted by Crippen LogP contribution is 2.21. The maximum Gasteiger partial charge on any atom is 0.411 e. The van der Waals surface area contributed by atoms with Crippen LogP contribution in [0.3, 0.4) is 0 Å². The predicted molar refractivity (Wildman–Crippen MR) is 67.6 cm³/mol. The van der Waals surface area contributed by atoms with E-state index in [9.17, 15) is 13.2 Å². The number of hydrogen-bond donors (Lipinski definition) is 1. The Morgan fingerprint density at radius 3 is 2.22 bits per heavy atom. The van der Waals surface area contributed by atoms with E-state index in [1.165, 1.54) is 0 Å². The first-order valence-electron chi connectivity index (χ1n) is 6.65. The number of ether oxygens (including phenoxy) is 1. The van der Waals surface area contributed by atoms with Gasteiger partial charge in [-0.1, -0.05) is 20.8 Å². The van der Waals surface area contributed by atoms with Gasteiger partial charge in [-0.3, -0.25) is 0 Å². The van der Waals surface area contributed by atoms with Gasteiger partial charge in [0.1, 0.15) is 6.61 Å². The van der Waals surface area contributed by atoms with E-state index in [1.807, 2.05) is 0 Å². The van der Waals surface area contributed by atoms with Gasteiger partial charge in [0.15, 0.2) is 0 Å². The van der Waals surface area contributed by atoms with Crippen LogP contribution in [0.2, 0.25) is 0 Å². The average Bonchev–Trinajstić information content (AvgIpc) is 2.23. The summed E-state index contributed by atoms with van der Waals surface area (Å²) in [6.07, 6.45) is -2.51. The van der Waals surface area contributed by atoms with E-state index in [1.54, 1.807) is 0 Å². The second-order valence-electron chi connectivity index (χ2n) is 5.11. The highest BCUT2D eigenvalue weighted by atomic mass is 19.4. The Kier molecular flexibility index (Phi) is 8.61. The van der Waals surface area contributed by atoms with E-state index in [-0.39, 0.29) is 6.61 Å². The topological polar surface area (TPSA) is 21.3 Å². The predicted octanol–water partition coefficient (Wildman–Crippen LogP) is 3.62. The first kappa shape index (κ1) is 17.7. The van der Waals surface area contributed by atoms with Crippen LogP contribution in [0.1, 0.15) is 40.5 Å². The zero-order chi connectivity index (χ0) is 14.2. The van der Waals surface area contributed by atoms with Crippen LogP contribution in [-0.4, -0.2) is 32.0 Å². The van der Waals surface area contributed by atoms with E-state index in [0.717, 1.165) is 13.0 Å². The van der Waals surface area contributed by atoms with Gasteiger partial charge in [0, 0.05) is 12.6 Å². The van der Waals surface area contributed by atoms with Gasteiger partial charge in [-0.15, -0.1) is 0 Å². The van der Waals surface area contributed by atoms with Crippen molar-refractivity contribution in [2.45, 2.75) is 52.8 Å². The third-order valence-corrected chi connectivity index (χ3v) is 3.08. The number of nitrogens with one attached hydrogen (secondary N) is 1. The summed E-state index contributed by atoms with van der Waals surface area (Å²) in [4.78, 5) is 0. The molecule has 0 heterocycles. The molecule has 18 heavy (non-hydrogen) atoms. The molecule has 0 fully saturated rings. The second-order valence-corrected chi connectivity index (χ2v) is 5.11. The van der Waals surface area contributed by atoms with Crippen molar-refractivity contribution < 1.29 is 17.9 Å². The van der Waals surface area contributed by atoms with Crippen molar-refractivity contribution in [3.63, 3.8) is 0 Å². The number of alkyl halides is 3. The molecule has 2 atom stereocenters. The van der Waals surface area contributed by atoms with Crippen LogP contribution in [-0.2, 0) is 4.74 Å². The standard InChI is InChI=1S/C13H26F3NO/c1-5-7-17-11(4)12(10(2)3)6-8-18-9-13(14,15)16/h10-12,17H,5-9H2,1-4H3. The maximum absolute atomic E-state index is 11.9. The van der Waals surface area contributed by atoms with E-state index in [2.05, 4.69) is 37.7 Å². The molecule has 110 valence electrons. The monoisotopic (exact) mass is 269 g/mol. The molecule has 0 aliphatic carbocycles. The Hall–Kier alpha value is -0.290. The number of hydrogen-bond acceptors (Lipinski definition) is 2. The molecule has 0 radical (unpaired) electrons. The molecular weight excluding hydrogens is 243 g/mol. The fourth-order valence-corrected chi connectivity index (χ4v) is 2.09. The van der Waals surface area contributed by atoms with Gasteiger partial charge in [-0.25, -0.2) is 0 Å². The quantitative estimate of drug-likeness (QED) is 0.646. The van der Waals surface area contributed by atoms with E-state index < -0.39 is 12.8 Å². The lowest BCUT2D eigenvalue weighted by atomic mass is 9.86. The van der Waals surface area contributed by atoms with Crippen LogP contribution in [0, 0.1) is 11.8 Å². The lowest BCUT2D eigenvalue weighted by Gasteiger charge is -2.28.